The van der Waals surface area contributed by atoms with Crippen molar-refractivity contribution in [3.05, 3.63) is 71.4 Å². The summed E-state index contributed by atoms with van der Waals surface area (Å²) in [4.78, 5) is 2.17. The first-order valence-corrected chi connectivity index (χ1v) is 12.6. The summed E-state index contributed by atoms with van der Waals surface area (Å²) in [6.45, 7) is 12.6. The number of benzene rings is 2. The van der Waals surface area contributed by atoms with Gasteiger partial charge in [-0.2, -0.15) is 5.10 Å². The number of rotatable bonds is 13. The van der Waals surface area contributed by atoms with Gasteiger partial charge in [-0.05, 0) is 58.4 Å². The van der Waals surface area contributed by atoms with Gasteiger partial charge in [0, 0.05) is 26.7 Å². The molecule has 0 aliphatic rings. The highest BCUT2D eigenvalue weighted by molar-refractivity contribution is 5.44. The van der Waals surface area contributed by atoms with E-state index in [1.165, 1.54) is 5.56 Å². The second-order valence-corrected chi connectivity index (χ2v) is 10.1. The molecule has 7 heteroatoms. The maximum atomic E-state index is 10.7. The molecule has 1 atom stereocenters. The van der Waals surface area contributed by atoms with Crippen LogP contribution in [0.5, 0.6) is 11.6 Å². The first-order valence-electron chi connectivity index (χ1n) is 12.6. The van der Waals surface area contributed by atoms with Crippen LogP contribution in [0.3, 0.4) is 0 Å². The number of aryl methyl sites for hydroxylation is 2. The molecular weight excluding hydrogens is 454 g/mol. The van der Waals surface area contributed by atoms with E-state index in [4.69, 9.17) is 19.3 Å². The normalized spacial score (nSPS) is 12.8. The van der Waals surface area contributed by atoms with Gasteiger partial charge >= 0.3 is 0 Å². The lowest BCUT2D eigenvalue weighted by atomic mass is 10.1. The maximum absolute atomic E-state index is 10.7. The Morgan fingerprint density at radius 1 is 1.06 bits per heavy atom. The molecule has 0 amide bonds. The van der Waals surface area contributed by atoms with Gasteiger partial charge in [-0.1, -0.05) is 42.8 Å². The molecule has 0 saturated carbocycles. The number of aliphatic hydroxyl groups excluding tert-OH is 1. The first kappa shape index (κ1) is 27.9. The van der Waals surface area contributed by atoms with Crippen LogP contribution in [-0.4, -0.2) is 64.9 Å². The van der Waals surface area contributed by atoms with Crippen LogP contribution in [0.15, 0.2) is 54.6 Å². The zero-order valence-corrected chi connectivity index (χ0v) is 22.5. The van der Waals surface area contributed by atoms with Crippen LogP contribution in [0.2, 0.25) is 0 Å². The van der Waals surface area contributed by atoms with Crippen molar-refractivity contribution in [2.45, 2.75) is 59.3 Å². The second kappa shape index (κ2) is 13.0. The van der Waals surface area contributed by atoms with Gasteiger partial charge < -0.3 is 19.3 Å². The monoisotopic (exact) mass is 495 g/mol. The molecular formula is C29H41N3O4. The van der Waals surface area contributed by atoms with Crippen molar-refractivity contribution in [2.75, 3.05) is 33.4 Å². The van der Waals surface area contributed by atoms with Gasteiger partial charge in [0.15, 0.2) is 0 Å². The summed E-state index contributed by atoms with van der Waals surface area (Å²) in [5.74, 6) is 1.44. The molecule has 3 rings (SSSR count). The summed E-state index contributed by atoms with van der Waals surface area (Å²) in [7, 11) is 1.69. The molecule has 36 heavy (non-hydrogen) atoms. The highest BCUT2D eigenvalue weighted by Crippen LogP contribution is 2.32. The topological polar surface area (TPSA) is 69.0 Å². The molecule has 0 saturated heterocycles. The van der Waals surface area contributed by atoms with Crippen molar-refractivity contribution in [2.24, 2.45) is 0 Å². The molecule has 0 aliphatic heterocycles. The Bertz CT molecular complexity index is 1060. The molecule has 0 unspecified atom stereocenters. The molecule has 196 valence electrons. The minimum Gasteiger partial charge on any atom is -0.439 e. The third-order valence-corrected chi connectivity index (χ3v) is 5.76. The van der Waals surface area contributed by atoms with Crippen molar-refractivity contribution < 1.29 is 19.3 Å². The van der Waals surface area contributed by atoms with Crippen molar-refractivity contribution in [1.29, 1.82) is 0 Å². The summed E-state index contributed by atoms with van der Waals surface area (Å²) in [6.07, 6.45) is 0.129. The molecule has 1 heterocycles. The Balaban J connectivity index is 1.95. The summed E-state index contributed by atoms with van der Waals surface area (Å²) < 4.78 is 19.6. The number of nitrogens with zero attached hydrogens (tertiary/aromatic N) is 3. The summed E-state index contributed by atoms with van der Waals surface area (Å²) in [5.41, 5.74) is 3.76. The SMILES string of the molecule is CCc1nn(-c2ccccc2)c(Oc2ccc(C)cc2)c1CN(CCOC)C[C@@H](O)COC(C)(C)C. The number of hydrogen-bond acceptors (Lipinski definition) is 6. The third-order valence-electron chi connectivity index (χ3n) is 5.76. The third kappa shape index (κ3) is 8.17. The van der Waals surface area contributed by atoms with E-state index in [2.05, 4.69) is 18.7 Å². The minimum absolute atomic E-state index is 0.267. The lowest BCUT2D eigenvalue weighted by Gasteiger charge is -2.27. The summed E-state index contributed by atoms with van der Waals surface area (Å²) >= 11 is 0. The van der Waals surface area contributed by atoms with E-state index in [1.807, 2.05) is 80.1 Å². The Hall–Kier alpha value is -2.71. The quantitative estimate of drug-likeness (QED) is 0.353. The fraction of sp³-hybridized carbons (Fsp3) is 0.483. The predicted molar refractivity (Wildman–Crippen MR) is 143 cm³/mol. The highest BCUT2D eigenvalue weighted by Gasteiger charge is 2.24. The maximum Gasteiger partial charge on any atom is 0.227 e. The molecule has 7 nitrogen and oxygen atoms in total. The molecule has 0 spiro atoms. The van der Waals surface area contributed by atoms with E-state index in [9.17, 15) is 5.11 Å². The van der Waals surface area contributed by atoms with E-state index in [-0.39, 0.29) is 12.2 Å². The van der Waals surface area contributed by atoms with Crippen LogP contribution in [-0.2, 0) is 22.4 Å². The lowest BCUT2D eigenvalue weighted by molar-refractivity contribution is -0.0577. The molecule has 0 radical (unpaired) electrons. The smallest absolute Gasteiger partial charge is 0.227 e. The Kier molecular flexibility index (Phi) is 10.1. The zero-order chi connectivity index (χ0) is 26.1. The molecule has 2 aromatic carbocycles. The first-order chi connectivity index (χ1) is 17.2. The van der Waals surface area contributed by atoms with Gasteiger partial charge in [-0.3, -0.25) is 4.90 Å². The van der Waals surface area contributed by atoms with Crippen LogP contribution in [0.25, 0.3) is 5.69 Å². The molecule has 1 N–H and O–H groups in total. The van der Waals surface area contributed by atoms with Gasteiger partial charge in [-0.15, -0.1) is 0 Å². The summed E-state index contributed by atoms with van der Waals surface area (Å²) in [6, 6.07) is 18.0. The van der Waals surface area contributed by atoms with Crippen molar-refractivity contribution in [1.82, 2.24) is 14.7 Å². The predicted octanol–water partition coefficient (Wildman–Crippen LogP) is 5.16. The Morgan fingerprint density at radius 3 is 2.36 bits per heavy atom. The van der Waals surface area contributed by atoms with Gasteiger partial charge in [0.05, 0.1) is 41.9 Å². The van der Waals surface area contributed by atoms with E-state index in [0.717, 1.165) is 29.1 Å². The number of para-hydroxylation sites is 1. The second-order valence-electron chi connectivity index (χ2n) is 10.1. The standard InChI is InChI=1S/C29H41N3O4/c1-7-27-26(20-31(17-18-34-6)19-24(33)21-35-29(3,4)5)28(36-25-15-13-22(2)14-16-25)32(30-27)23-11-9-8-10-12-23/h8-16,24,33H,7,17-21H2,1-6H3/t24-/m1/s1. The minimum atomic E-state index is -0.628. The molecule has 0 fully saturated rings. The lowest BCUT2D eigenvalue weighted by Crippen LogP contribution is -2.38. The van der Waals surface area contributed by atoms with Crippen LogP contribution >= 0.6 is 0 Å². The Morgan fingerprint density at radius 2 is 1.75 bits per heavy atom. The average Bonchev–Trinajstić information content (AvgIpc) is 3.19. The van der Waals surface area contributed by atoms with Crippen LogP contribution < -0.4 is 4.74 Å². The largest absolute Gasteiger partial charge is 0.439 e. The van der Waals surface area contributed by atoms with Crippen molar-refractivity contribution in [3.8, 4) is 17.3 Å². The molecule has 1 aromatic heterocycles. The van der Waals surface area contributed by atoms with E-state index in [1.54, 1.807) is 7.11 Å². The van der Waals surface area contributed by atoms with Crippen molar-refractivity contribution >= 4 is 0 Å². The van der Waals surface area contributed by atoms with Gasteiger partial charge in [0.25, 0.3) is 0 Å². The fourth-order valence-electron chi connectivity index (χ4n) is 3.86. The van der Waals surface area contributed by atoms with Crippen LogP contribution in [0.4, 0.5) is 0 Å². The van der Waals surface area contributed by atoms with E-state index in [0.29, 0.717) is 32.1 Å². The molecule has 3 aromatic rings. The van der Waals surface area contributed by atoms with Gasteiger partial charge in [0.1, 0.15) is 5.75 Å². The average molecular weight is 496 g/mol. The summed E-state index contributed by atoms with van der Waals surface area (Å²) in [5, 5.41) is 15.7. The van der Waals surface area contributed by atoms with E-state index >= 15 is 0 Å². The fourth-order valence-corrected chi connectivity index (χ4v) is 3.86. The molecule has 0 aliphatic carbocycles. The van der Waals surface area contributed by atoms with Gasteiger partial charge in [-0.25, -0.2) is 4.68 Å². The number of methoxy groups -OCH3 is 1. The van der Waals surface area contributed by atoms with Gasteiger partial charge in [0.2, 0.25) is 5.88 Å². The number of aliphatic hydroxyl groups is 1. The zero-order valence-electron chi connectivity index (χ0n) is 22.5. The van der Waals surface area contributed by atoms with Crippen LogP contribution in [0, 0.1) is 6.92 Å². The molecule has 0 bridgehead atoms. The number of hydrogen-bond donors (Lipinski definition) is 1. The number of ether oxygens (including phenoxy) is 3. The van der Waals surface area contributed by atoms with Crippen molar-refractivity contribution in [3.63, 3.8) is 0 Å². The Labute approximate surface area is 215 Å². The highest BCUT2D eigenvalue weighted by atomic mass is 16.5. The van der Waals surface area contributed by atoms with Crippen LogP contribution in [0.1, 0.15) is 44.5 Å². The van der Waals surface area contributed by atoms with E-state index < -0.39 is 6.10 Å². The number of aromatic nitrogens is 2.